The molecule has 1 aromatic heterocycles. The smallest absolute Gasteiger partial charge is 0.123 e. The first-order valence-electron chi connectivity index (χ1n) is 6.46. The van der Waals surface area contributed by atoms with E-state index in [2.05, 4.69) is 41.7 Å². The number of hydrogen-bond donors (Lipinski definition) is 2. The first-order chi connectivity index (χ1) is 9.11. The van der Waals surface area contributed by atoms with Gasteiger partial charge >= 0.3 is 0 Å². The molecule has 2 aromatic rings. The topological polar surface area (TPSA) is 45.1 Å². The fraction of sp³-hybridized carbons (Fsp3) is 0.400. The third kappa shape index (κ3) is 4.13. The highest BCUT2D eigenvalue weighted by atomic mass is 32.1. The summed E-state index contributed by atoms with van der Waals surface area (Å²) in [7, 11) is 0. The lowest BCUT2D eigenvalue weighted by Crippen LogP contribution is -2.39. The van der Waals surface area contributed by atoms with Crippen molar-refractivity contribution in [1.29, 1.82) is 0 Å². The third-order valence-corrected chi connectivity index (χ3v) is 4.00. The van der Waals surface area contributed by atoms with E-state index in [4.69, 9.17) is 5.11 Å². The Kier molecular flexibility index (Phi) is 4.69. The number of aromatic nitrogens is 1. The lowest BCUT2D eigenvalue weighted by atomic mass is 10.0. The van der Waals surface area contributed by atoms with Gasteiger partial charge in [0.15, 0.2) is 0 Å². The van der Waals surface area contributed by atoms with E-state index >= 15 is 0 Å². The molecule has 0 fully saturated rings. The molecular formula is C15H20N2OS. The van der Waals surface area contributed by atoms with Gasteiger partial charge in [-0.1, -0.05) is 30.3 Å². The Bertz CT molecular complexity index is 508. The fourth-order valence-electron chi connectivity index (χ4n) is 1.80. The van der Waals surface area contributed by atoms with E-state index in [0.29, 0.717) is 0 Å². The van der Waals surface area contributed by atoms with Crippen molar-refractivity contribution in [3.8, 4) is 10.6 Å². The molecule has 0 aliphatic heterocycles. The summed E-state index contributed by atoms with van der Waals surface area (Å²) in [6, 6.07) is 10.2. The summed E-state index contributed by atoms with van der Waals surface area (Å²) in [5, 5.41) is 15.6. The van der Waals surface area contributed by atoms with Crippen molar-refractivity contribution in [3.05, 3.63) is 41.4 Å². The van der Waals surface area contributed by atoms with Crippen molar-refractivity contribution >= 4 is 11.3 Å². The van der Waals surface area contributed by atoms with Crippen molar-refractivity contribution in [2.45, 2.75) is 32.4 Å². The molecule has 1 heterocycles. The molecule has 3 nitrogen and oxygen atoms in total. The van der Waals surface area contributed by atoms with Gasteiger partial charge in [-0.05, 0) is 20.3 Å². The first kappa shape index (κ1) is 14.2. The van der Waals surface area contributed by atoms with Crippen LogP contribution in [0.25, 0.3) is 10.6 Å². The lowest BCUT2D eigenvalue weighted by Gasteiger charge is -2.24. The first-order valence-corrected chi connectivity index (χ1v) is 7.34. The van der Waals surface area contributed by atoms with Gasteiger partial charge in [0, 0.05) is 29.6 Å². The van der Waals surface area contributed by atoms with Crippen molar-refractivity contribution in [3.63, 3.8) is 0 Å². The number of thiazole rings is 1. The van der Waals surface area contributed by atoms with E-state index in [9.17, 15) is 0 Å². The molecule has 0 atom stereocenters. The van der Waals surface area contributed by atoms with E-state index in [0.717, 1.165) is 29.2 Å². The molecular weight excluding hydrogens is 256 g/mol. The maximum Gasteiger partial charge on any atom is 0.123 e. The Labute approximate surface area is 118 Å². The standard InChI is InChI=1S/C15H20N2OS/c1-15(2,8-9-18)16-10-13-11-19-14(17-13)12-6-4-3-5-7-12/h3-7,11,16,18H,8-10H2,1-2H3. The number of aliphatic hydroxyl groups excluding tert-OH is 1. The van der Waals surface area contributed by atoms with Gasteiger partial charge in [0.1, 0.15) is 5.01 Å². The van der Waals surface area contributed by atoms with Gasteiger partial charge < -0.3 is 10.4 Å². The second-order valence-corrected chi connectivity index (χ2v) is 6.08. The minimum absolute atomic E-state index is 0.0642. The Morgan fingerprint density at radius 3 is 2.68 bits per heavy atom. The van der Waals surface area contributed by atoms with Gasteiger partial charge in [0.05, 0.1) is 5.69 Å². The molecule has 0 unspecified atom stereocenters. The average Bonchev–Trinajstić information content (AvgIpc) is 2.86. The summed E-state index contributed by atoms with van der Waals surface area (Å²) in [4.78, 5) is 4.64. The second-order valence-electron chi connectivity index (χ2n) is 5.22. The molecule has 0 spiro atoms. The Hall–Kier alpha value is -1.23. The van der Waals surface area contributed by atoms with Crippen LogP contribution in [0.5, 0.6) is 0 Å². The predicted molar refractivity (Wildman–Crippen MR) is 80.2 cm³/mol. The number of aliphatic hydroxyl groups is 1. The molecule has 102 valence electrons. The van der Waals surface area contributed by atoms with Gasteiger partial charge in [0.2, 0.25) is 0 Å². The SMILES string of the molecule is CC(C)(CCO)NCc1csc(-c2ccccc2)n1. The number of nitrogens with zero attached hydrogens (tertiary/aromatic N) is 1. The Morgan fingerprint density at radius 1 is 1.26 bits per heavy atom. The molecule has 0 aliphatic rings. The summed E-state index contributed by atoms with van der Waals surface area (Å²) in [5.41, 5.74) is 2.15. The van der Waals surface area contributed by atoms with Gasteiger partial charge in [-0.25, -0.2) is 4.98 Å². The van der Waals surface area contributed by atoms with E-state index < -0.39 is 0 Å². The monoisotopic (exact) mass is 276 g/mol. The van der Waals surface area contributed by atoms with E-state index in [-0.39, 0.29) is 12.1 Å². The zero-order valence-corrected chi connectivity index (χ0v) is 12.2. The highest BCUT2D eigenvalue weighted by Gasteiger charge is 2.16. The normalized spacial score (nSPS) is 11.7. The Balaban J connectivity index is 1.99. The van der Waals surface area contributed by atoms with Crippen LogP contribution in [0.2, 0.25) is 0 Å². The number of nitrogens with one attached hydrogen (secondary N) is 1. The molecule has 1 aromatic carbocycles. The summed E-state index contributed by atoms with van der Waals surface area (Å²) in [6.45, 7) is 5.12. The van der Waals surface area contributed by atoms with Gasteiger partial charge in [-0.3, -0.25) is 0 Å². The van der Waals surface area contributed by atoms with Crippen LogP contribution in [0.4, 0.5) is 0 Å². The minimum atomic E-state index is -0.0642. The quantitative estimate of drug-likeness (QED) is 0.852. The van der Waals surface area contributed by atoms with Crippen LogP contribution >= 0.6 is 11.3 Å². The highest BCUT2D eigenvalue weighted by Crippen LogP contribution is 2.23. The van der Waals surface area contributed by atoms with Crippen LogP contribution in [-0.2, 0) is 6.54 Å². The van der Waals surface area contributed by atoms with E-state index in [1.54, 1.807) is 11.3 Å². The molecule has 0 saturated carbocycles. The zero-order valence-electron chi connectivity index (χ0n) is 11.4. The zero-order chi connectivity index (χ0) is 13.7. The van der Waals surface area contributed by atoms with E-state index in [1.165, 1.54) is 0 Å². The molecule has 0 radical (unpaired) electrons. The molecule has 0 amide bonds. The molecule has 0 aliphatic carbocycles. The predicted octanol–water partition coefficient (Wildman–Crippen LogP) is 3.06. The van der Waals surface area contributed by atoms with Crippen molar-refractivity contribution in [2.24, 2.45) is 0 Å². The van der Waals surface area contributed by atoms with Gasteiger partial charge in [-0.15, -0.1) is 11.3 Å². The summed E-state index contributed by atoms with van der Waals surface area (Å²) in [6.07, 6.45) is 0.739. The van der Waals surface area contributed by atoms with Crippen molar-refractivity contribution < 1.29 is 5.11 Å². The van der Waals surface area contributed by atoms with Gasteiger partial charge in [0.25, 0.3) is 0 Å². The molecule has 2 N–H and O–H groups in total. The van der Waals surface area contributed by atoms with Crippen LogP contribution in [0.3, 0.4) is 0 Å². The number of rotatable bonds is 6. The summed E-state index contributed by atoms with van der Waals surface area (Å²) >= 11 is 1.67. The van der Waals surface area contributed by atoms with Crippen molar-refractivity contribution in [1.82, 2.24) is 10.3 Å². The maximum absolute atomic E-state index is 9.00. The third-order valence-electron chi connectivity index (χ3n) is 3.06. The van der Waals surface area contributed by atoms with E-state index in [1.807, 2.05) is 18.2 Å². The number of hydrogen-bond acceptors (Lipinski definition) is 4. The maximum atomic E-state index is 9.00. The largest absolute Gasteiger partial charge is 0.396 e. The van der Waals surface area contributed by atoms with Crippen LogP contribution in [0.1, 0.15) is 26.0 Å². The molecule has 4 heteroatoms. The van der Waals surface area contributed by atoms with Crippen LogP contribution in [0.15, 0.2) is 35.7 Å². The molecule has 0 saturated heterocycles. The lowest BCUT2D eigenvalue weighted by molar-refractivity contribution is 0.229. The van der Waals surface area contributed by atoms with Crippen LogP contribution in [0, 0.1) is 0 Å². The molecule has 2 rings (SSSR count). The summed E-state index contributed by atoms with van der Waals surface area (Å²) in [5.74, 6) is 0. The van der Waals surface area contributed by atoms with Crippen LogP contribution in [-0.4, -0.2) is 22.2 Å². The number of benzene rings is 1. The summed E-state index contributed by atoms with van der Waals surface area (Å²) < 4.78 is 0. The Morgan fingerprint density at radius 2 is 2.00 bits per heavy atom. The van der Waals surface area contributed by atoms with Gasteiger partial charge in [-0.2, -0.15) is 0 Å². The highest BCUT2D eigenvalue weighted by molar-refractivity contribution is 7.13. The van der Waals surface area contributed by atoms with Crippen LogP contribution < -0.4 is 5.32 Å². The fourth-order valence-corrected chi connectivity index (χ4v) is 2.63. The second kappa shape index (κ2) is 6.28. The minimum Gasteiger partial charge on any atom is -0.396 e. The average molecular weight is 276 g/mol. The molecule has 0 bridgehead atoms. The van der Waals surface area contributed by atoms with Crippen molar-refractivity contribution in [2.75, 3.05) is 6.61 Å². The molecule has 19 heavy (non-hydrogen) atoms.